The van der Waals surface area contributed by atoms with Gasteiger partial charge in [-0.1, -0.05) is 26.0 Å². The van der Waals surface area contributed by atoms with E-state index in [9.17, 15) is 14.4 Å². The lowest BCUT2D eigenvalue weighted by molar-refractivity contribution is -0.110. The van der Waals surface area contributed by atoms with E-state index < -0.39 is 17.3 Å². The zero-order valence-electron chi connectivity index (χ0n) is 18.8. The average Bonchev–Trinajstić information content (AvgIpc) is 3.11. The Morgan fingerprint density at radius 3 is 2.53 bits per heavy atom. The molecule has 0 bridgehead atoms. The van der Waals surface area contributed by atoms with Crippen molar-refractivity contribution in [3.8, 4) is 5.75 Å². The minimum absolute atomic E-state index is 0.170. The van der Waals surface area contributed by atoms with E-state index in [0.717, 1.165) is 34.1 Å². The van der Waals surface area contributed by atoms with Gasteiger partial charge in [-0.15, -0.1) is 0 Å². The van der Waals surface area contributed by atoms with Crippen molar-refractivity contribution in [2.75, 3.05) is 13.7 Å². The molecule has 0 fully saturated rings. The SMILES string of the molecule is CCOC(=O)c1ccc2c(c1)c1c(n2Cc2ccc(OC)cc2)C(=O)C(C=O)CC1(C)C. The number of nitrogens with zero attached hydrogens (tertiary/aromatic N) is 1. The van der Waals surface area contributed by atoms with Gasteiger partial charge in [-0.2, -0.15) is 0 Å². The number of rotatable bonds is 6. The van der Waals surface area contributed by atoms with Crippen LogP contribution in [-0.2, 0) is 21.5 Å². The topological polar surface area (TPSA) is 74.6 Å². The molecular formula is C26H27NO5. The van der Waals surface area contributed by atoms with Gasteiger partial charge < -0.3 is 18.8 Å². The number of aldehydes is 1. The standard InChI is InChI=1S/C26H27NO5/c1-5-32-25(30)17-8-11-21-20(12-17)22-23(24(29)18(15-28)13-26(22,2)3)27(21)14-16-6-9-19(31-4)10-7-16/h6-12,15,18H,5,13-14H2,1-4H3. The Bertz CT molecular complexity index is 1200. The molecule has 4 rings (SSSR count). The minimum Gasteiger partial charge on any atom is -0.497 e. The van der Waals surface area contributed by atoms with Gasteiger partial charge in [-0.3, -0.25) is 4.79 Å². The van der Waals surface area contributed by atoms with Gasteiger partial charge in [0.1, 0.15) is 12.0 Å². The molecule has 0 N–H and O–H groups in total. The molecule has 2 aromatic carbocycles. The molecule has 1 aliphatic rings. The minimum atomic E-state index is -0.680. The smallest absolute Gasteiger partial charge is 0.338 e. The van der Waals surface area contributed by atoms with Gasteiger partial charge in [-0.05, 0) is 60.2 Å². The second kappa shape index (κ2) is 8.26. The molecule has 6 nitrogen and oxygen atoms in total. The van der Waals surface area contributed by atoms with Gasteiger partial charge in [0.25, 0.3) is 0 Å². The summed E-state index contributed by atoms with van der Waals surface area (Å²) in [5, 5.41) is 0.849. The molecule has 0 spiro atoms. The molecule has 32 heavy (non-hydrogen) atoms. The number of esters is 1. The van der Waals surface area contributed by atoms with E-state index in [4.69, 9.17) is 9.47 Å². The summed E-state index contributed by atoms with van der Waals surface area (Å²) in [5.74, 6) is -0.486. The van der Waals surface area contributed by atoms with E-state index in [2.05, 4.69) is 0 Å². The molecule has 166 valence electrons. The fraction of sp³-hybridized carbons (Fsp3) is 0.346. The molecule has 1 aromatic heterocycles. The number of Topliss-reactive ketones (excluding diaryl/α,β-unsaturated/α-hetero) is 1. The molecule has 1 heterocycles. The normalized spacial score (nSPS) is 17.1. The van der Waals surface area contributed by atoms with Crippen LogP contribution < -0.4 is 4.74 Å². The number of fused-ring (bicyclic) bond motifs is 3. The number of ketones is 1. The lowest BCUT2D eigenvalue weighted by atomic mass is 9.69. The van der Waals surface area contributed by atoms with Crippen LogP contribution in [0.4, 0.5) is 0 Å². The summed E-state index contributed by atoms with van der Waals surface area (Å²) in [4.78, 5) is 37.5. The van der Waals surface area contributed by atoms with Crippen molar-refractivity contribution in [2.45, 2.75) is 39.2 Å². The highest BCUT2D eigenvalue weighted by Gasteiger charge is 2.42. The van der Waals surface area contributed by atoms with E-state index in [1.54, 1.807) is 20.1 Å². The number of hydrogen-bond donors (Lipinski definition) is 0. The summed E-state index contributed by atoms with van der Waals surface area (Å²) in [5.41, 5.74) is 3.32. The van der Waals surface area contributed by atoms with Gasteiger partial charge in [0.05, 0.1) is 30.9 Å². The Kier molecular flexibility index (Phi) is 5.63. The molecule has 0 saturated heterocycles. The third-order valence-electron chi connectivity index (χ3n) is 6.22. The predicted molar refractivity (Wildman–Crippen MR) is 122 cm³/mol. The van der Waals surface area contributed by atoms with Crippen LogP contribution in [0.5, 0.6) is 5.75 Å². The first-order valence-electron chi connectivity index (χ1n) is 10.8. The Balaban J connectivity index is 1.95. The van der Waals surface area contributed by atoms with Crippen molar-refractivity contribution >= 4 is 28.9 Å². The fourth-order valence-corrected chi connectivity index (χ4v) is 4.75. The lowest BCUT2D eigenvalue weighted by Crippen LogP contribution is -2.36. The summed E-state index contributed by atoms with van der Waals surface area (Å²) in [7, 11) is 1.62. The monoisotopic (exact) mass is 433 g/mol. The van der Waals surface area contributed by atoms with Gasteiger partial charge in [0, 0.05) is 17.4 Å². The third kappa shape index (κ3) is 3.60. The van der Waals surface area contributed by atoms with Crippen LogP contribution in [0.1, 0.15) is 59.2 Å². The van der Waals surface area contributed by atoms with Crippen molar-refractivity contribution in [1.82, 2.24) is 4.57 Å². The maximum atomic E-state index is 13.4. The Morgan fingerprint density at radius 2 is 1.91 bits per heavy atom. The van der Waals surface area contributed by atoms with E-state index in [1.165, 1.54) is 0 Å². The highest BCUT2D eigenvalue weighted by molar-refractivity contribution is 6.11. The summed E-state index contributed by atoms with van der Waals surface area (Å²) in [6.45, 7) is 6.61. The summed E-state index contributed by atoms with van der Waals surface area (Å²) in [6.07, 6.45) is 1.19. The molecule has 3 aromatic rings. The number of aromatic nitrogens is 1. The van der Waals surface area contributed by atoms with Crippen LogP contribution in [-0.4, -0.2) is 36.3 Å². The molecule has 1 aliphatic carbocycles. The molecule has 0 amide bonds. The van der Waals surface area contributed by atoms with Crippen LogP contribution in [0, 0.1) is 5.92 Å². The zero-order valence-corrected chi connectivity index (χ0v) is 18.8. The van der Waals surface area contributed by atoms with Crippen LogP contribution in [0.3, 0.4) is 0 Å². The van der Waals surface area contributed by atoms with E-state index in [1.807, 2.05) is 54.8 Å². The molecule has 0 saturated carbocycles. The first kappa shape index (κ1) is 21.8. The number of carbonyl (C=O) groups is 3. The number of ether oxygens (including phenoxy) is 2. The maximum Gasteiger partial charge on any atom is 0.338 e. The van der Waals surface area contributed by atoms with Gasteiger partial charge in [-0.25, -0.2) is 4.79 Å². The summed E-state index contributed by atoms with van der Waals surface area (Å²) in [6, 6.07) is 13.1. The van der Waals surface area contributed by atoms with Crippen molar-refractivity contribution in [2.24, 2.45) is 5.92 Å². The Labute approximate surface area is 187 Å². The van der Waals surface area contributed by atoms with E-state index in [0.29, 0.717) is 30.8 Å². The highest BCUT2D eigenvalue weighted by atomic mass is 16.5. The average molecular weight is 434 g/mol. The van der Waals surface area contributed by atoms with Crippen LogP contribution in [0.2, 0.25) is 0 Å². The highest BCUT2D eigenvalue weighted by Crippen LogP contribution is 2.45. The fourth-order valence-electron chi connectivity index (χ4n) is 4.75. The molecule has 6 heteroatoms. The first-order valence-corrected chi connectivity index (χ1v) is 10.8. The quantitative estimate of drug-likeness (QED) is 0.324. The number of carbonyl (C=O) groups excluding carboxylic acids is 3. The van der Waals surface area contributed by atoms with Gasteiger partial charge >= 0.3 is 5.97 Å². The largest absolute Gasteiger partial charge is 0.497 e. The Hall–Kier alpha value is -3.41. The molecule has 0 radical (unpaired) electrons. The predicted octanol–water partition coefficient (Wildman–Crippen LogP) is 4.55. The molecule has 1 unspecified atom stereocenters. The Morgan fingerprint density at radius 1 is 1.19 bits per heavy atom. The van der Waals surface area contributed by atoms with Crippen LogP contribution in [0.15, 0.2) is 42.5 Å². The molecular weight excluding hydrogens is 406 g/mol. The maximum absolute atomic E-state index is 13.4. The van der Waals surface area contributed by atoms with Gasteiger partial charge in [0.15, 0.2) is 5.78 Å². The van der Waals surface area contributed by atoms with Crippen molar-refractivity contribution < 1.29 is 23.9 Å². The number of methoxy groups -OCH3 is 1. The summed E-state index contributed by atoms with van der Waals surface area (Å²) < 4.78 is 12.4. The molecule has 0 aliphatic heterocycles. The first-order chi connectivity index (χ1) is 15.3. The second-order valence-corrected chi connectivity index (χ2v) is 8.81. The number of hydrogen-bond acceptors (Lipinski definition) is 5. The zero-order chi connectivity index (χ0) is 23.0. The number of benzene rings is 2. The second-order valence-electron chi connectivity index (χ2n) is 8.81. The molecule has 1 atom stereocenters. The van der Waals surface area contributed by atoms with Crippen molar-refractivity contribution in [1.29, 1.82) is 0 Å². The van der Waals surface area contributed by atoms with E-state index >= 15 is 0 Å². The van der Waals surface area contributed by atoms with Gasteiger partial charge in [0.2, 0.25) is 0 Å². The van der Waals surface area contributed by atoms with Crippen molar-refractivity contribution in [3.05, 3.63) is 64.8 Å². The van der Waals surface area contributed by atoms with Crippen LogP contribution in [0.25, 0.3) is 10.9 Å². The van der Waals surface area contributed by atoms with Crippen LogP contribution >= 0.6 is 0 Å². The van der Waals surface area contributed by atoms with Crippen molar-refractivity contribution in [3.63, 3.8) is 0 Å². The van der Waals surface area contributed by atoms with E-state index in [-0.39, 0.29) is 5.78 Å². The lowest BCUT2D eigenvalue weighted by Gasteiger charge is -2.33. The third-order valence-corrected chi connectivity index (χ3v) is 6.22. The summed E-state index contributed by atoms with van der Waals surface area (Å²) >= 11 is 0.